The third-order valence-electron chi connectivity index (χ3n) is 4.36. The molecule has 1 aliphatic heterocycles. The Morgan fingerprint density at radius 3 is 2.71 bits per heavy atom. The van der Waals surface area contributed by atoms with Gasteiger partial charge in [-0.3, -0.25) is 0 Å². The van der Waals surface area contributed by atoms with E-state index in [4.69, 9.17) is 4.74 Å². The van der Waals surface area contributed by atoms with Crippen LogP contribution < -0.4 is 15.6 Å². The number of ether oxygens (including phenoxy) is 1. The Bertz CT molecular complexity index is 1090. The number of morpholine rings is 1. The Balaban J connectivity index is 1.59. The number of phenols is 1. The van der Waals surface area contributed by atoms with Crippen molar-refractivity contribution in [2.24, 2.45) is 5.10 Å². The Morgan fingerprint density at radius 1 is 1.10 bits per heavy atom. The molecule has 0 amide bonds. The van der Waals surface area contributed by atoms with Gasteiger partial charge in [-0.2, -0.15) is 20.1 Å². The molecular weight excluding hydrogens is 577 g/mol. The quantitative estimate of drug-likeness (QED) is 0.223. The van der Waals surface area contributed by atoms with E-state index in [1.54, 1.807) is 6.07 Å². The minimum absolute atomic E-state index is 0.146. The highest BCUT2D eigenvalue weighted by Crippen LogP contribution is 2.22. The number of benzene rings is 2. The molecule has 0 aliphatic carbocycles. The van der Waals surface area contributed by atoms with E-state index in [0.717, 1.165) is 13.7 Å². The van der Waals surface area contributed by atoms with Gasteiger partial charge in [0.25, 0.3) is 0 Å². The average molecular weight is 596 g/mol. The monoisotopic (exact) mass is 595 g/mol. The van der Waals surface area contributed by atoms with Crippen LogP contribution >= 0.6 is 38.5 Å². The van der Waals surface area contributed by atoms with E-state index in [1.165, 1.54) is 6.21 Å². The maximum Gasteiger partial charge on any atom is 0.250 e. The van der Waals surface area contributed by atoms with Gasteiger partial charge in [-0.25, -0.2) is 5.43 Å². The van der Waals surface area contributed by atoms with Crippen molar-refractivity contribution in [3.05, 3.63) is 56.1 Å². The third-order valence-corrected chi connectivity index (χ3v) is 5.52. The second-order valence-electron chi connectivity index (χ2n) is 6.59. The van der Waals surface area contributed by atoms with Gasteiger partial charge < -0.3 is 20.1 Å². The van der Waals surface area contributed by atoms with Gasteiger partial charge in [0, 0.05) is 32.4 Å². The molecule has 1 aromatic heterocycles. The lowest BCUT2D eigenvalue weighted by Gasteiger charge is -2.27. The first-order valence-electron chi connectivity index (χ1n) is 9.46. The van der Waals surface area contributed by atoms with E-state index < -0.39 is 0 Å². The molecule has 0 bridgehead atoms. The molecule has 9 nitrogen and oxygen atoms in total. The summed E-state index contributed by atoms with van der Waals surface area (Å²) < 4.78 is 7.37. The zero-order valence-electron chi connectivity index (χ0n) is 16.3. The predicted molar refractivity (Wildman–Crippen MR) is 132 cm³/mol. The van der Waals surface area contributed by atoms with Crippen molar-refractivity contribution in [2.75, 3.05) is 41.9 Å². The number of aromatic nitrogens is 3. The zero-order valence-corrected chi connectivity index (χ0v) is 20.0. The molecule has 0 radical (unpaired) electrons. The minimum Gasteiger partial charge on any atom is -0.507 e. The van der Waals surface area contributed by atoms with Gasteiger partial charge in [0.2, 0.25) is 17.8 Å². The minimum atomic E-state index is 0.146. The highest BCUT2D eigenvalue weighted by atomic mass is 127. The number of rotatable bonds is 6. The molecule has 160 valence electrons. The van der Waals surface area contributed by atoms with Gasteiger partial charge >= 0.3 is 0 Å². The summed E-state index contributed by atoms with van der Waals surface area (Å²) in [4.78, 5) is 15.5. The Labute approximate surface area is 201 Å². The fourth-order valence-corrected chi connectivity index (χ4v) is 3.77. The maximum atomic E-state index is 9.98. The number of nitrogens with one attached hydrogen (secondary N) is 2. The van der Waals surface area contributed by atoms with Gasteiger partial charge in [-0.05, 0) is 59.0 Å². The molecule has 4 rings (SSSR count). The highest BCUT2D eigenvalue weighted by Gasteiger charge is 2.16. The van der Waals surface area contributed by atoms with Crippen LogP contribution in [0.2, 0.25) is 0 Å². The molecule has 0 unspecified atom stereocenters. The summed E-state index contributed by atoms with van der Waals surface area (Å²) in [5, 5.41) is 17.4. The summed E-state index contributed by atoms with van der Waals surface area (Å²) in [5.41, 5.74) is 4.27. The molecule has 2 aromatic carbocycles. The first-order valence-corrected chi connectivity index (χ1v) is 11.3. The first kappa shape index (κ1) is 21.7. The number of aromatic hydroxyl groups is 1. The summed E-state index contributed by atoms with van der Waals surface area (Å²) in [6.07, 6.45) is 1.52. The van der Waals surface area contributed by atoms with Crippen LogP contribution in [0.3, 0.4) is 0 Å². The number of phenolic OH excluding ortho intramolecular Hbond substituents is 1. The van der Waals surface area contributed by atoms with Crippen molar-refractivity contribution < 1.29 is 9.84 Å². The van der Waals surface area contributed by atoms with Crippen LogP contribution in [0.5, 0.6) is 5.75 Å². The Hall–Kier alpha value is -2.51. The average Bonchev–Trinajstić information content (AvgIpc) is 2.77. The Kier molecular flexibility index (Phi) is 7.14. The second-order valence-corrected chi connectivity index (χ2v) is 8.75. The largest absolute Gasteiger partial charge is 0.507 e. The molecule has 0 atom stereocenters. The number of hydrogen-bond donors (Lipinski definition) is 3. The van der Waals surface area contributed by atoms with Crippen molar-refractivity contribution >= 4 is 68.3 Å². The van der Waals surface area contributed by atoms with Crippen molar-refractivity contribution in [3.63, 3.8) is 0 Å². The fourth-order valence-electron chi connectivity index (χ4n) is 2.86. The third kappa shape index (κ3) is 6.02. The highest BCUT2D eigenvalue weighted by molar-refractivity contribution is 14.1. The van der Waals surface area contributed by atoms with Crippen LogP contribution in [0.25, 0.3) is 0 Å². The van der Waals surface area contributed by atoms with Crippen LogP contribution in [-0.2, 0) is 4.74 Å². The summed E-state index contributed by atoms with van der Waals surface area (Å²) in [5.74, 6) is 1.36. The molecule has 11 heteroatoms. The first-order chi connectivity index (χ1) is 15.1. The molecule has 2 heterocycles. The smallest absolute Gasteiger partial charge is 0.250 e. The maximum absolute atomic E-state index is 9.98. The number of nitrogens with zero attached hydrogens (tertiary/aromatic N) is 5. The van der Waals surface area contributed by atoms with Gasteiger partial charge in [0.15, 0.2) is 0 Å². The molecule has 0 saturated carbocycles. The van der Waals surface area contributed by atoms with E-state index in [1.807, 2.05) is 41.3 Å². The normalized spacial score (nSPS) is 14.1. The number of halogens is 2. The zero-order chi connectivity index (χ0) is 21.6. The van der Waals surface area contributed by atoms with E-state index in [-0.39, 0.29) is 11.7 Å². The van der Waals surface area contributed by atoms with Crippen molar-refractivity contribution in [3.8, 4) is 5.75 Å². The van der Waals surface area contributed by atoms with Gasteiger partial charge in [-0.15, -0.1) is 0 Å². The number of hydrazone groups is 1. The van der Waals surface area contributed by atoms with Crippen LogP contribution in [0.15, 0.2) is 52.0 Å². The summed E-state index contributed by atoms with van der Waals surface area (Å²) in [6.45, 7) is 2.62. The molecule has 1 fully saturated rings. The molecular formula is C20H19BrIN7O2. The van der Waals surface area contributed by atoms with E-state index in [0.29, 0.717) is 43.8 Å². The summed E-state index contributed by atoms with van der Waals surface area (Å²) >= 11 is 5.64. The lowest BCUT2D eigenvalue weighted by atomic mass is 10.2. The Morgan fingerprint density at radius 2 is 1.90 bits per heavy atom. The van der Waals surface area contributed by atoms with Gasteiger partial charge in [-0.1, -0.05) is 22.0 Å². The lowest BCUT2D eigenvalue weighted by molar-refractivity contribution is 0.122. The van der Waals surface area contributed by atoms with Crippen LogP contribution in [0, 0.1) is 3.57 Å². The summed E-state index contributed by atoms with van der Waals surface area (Å²) in [6, 6.07) is 13.0. The fraction of sp³-hybridized carbons (Fsp3) is 0.200. The van der Waals surface area contributed by atoms with Crippen molar-refractivity contribution in [2.45, 2.75) is 0 Å². The number of hydrogen-bond acceptors (Lipinski definition) is 9. The molecule has 0 spiro atoms. The van der Waals surface area contributed by atoms with Crippen LogP contribution in [0.1, 0.15) is 5.56 Å². The predicted octanol–water partition coefficient (Wildman–Crippen LogP) is 3.97. The SMILES string of the molecule is Oc1ccc(I)cc1C=NNc1nc(Nc2cccc(Br)c2)nc(N2CCOCC2)n1. The molecule has 3 N–H and O–H groups in total. The van der Waals surface area contributed by atoms with Gasteiger partial charge in [0.1, 0.15) is 5.75 Å². The molecule has 1 aliphatic rings. The summed E-state index contributed by atoms with van der Waals surface area (Å²) in [7, 11) is 0. The number of anilines is 4. The topological polar surface area (TPSA) is 108 Å². The van der Waals surface area contributed by atoms with E-state index in [2.05, 4.69) is 69.3 Å². The van der Waals surface area contributed by atoms with Crippen LogP contribution in [0.4, 0.5) is 23.5 Å². The molecule has 3 aromatic rings. The molecule has 31 heavy (non-hydrogen) atoms. The van der Waals surface area contributed by atoms with E-state index >= 15 is 0 Å². The van der Waals surface area contributed by atoms with Crippen LogP contribution in [-0.4, -0.2) is 52.6 Å². The van der Waals surface area contributed by atoms with Gasteiger partial charge in [0.05, 0.1) is 19.4 Å². The standard InChI is InChI=1S/C20H19BrIN7O2/c21-14-2-1-3-16(11-14)24-18-25-19(27-20(26-18)29-6-8-31-9-7-29)28-23-12-13-10-15(22)4-5-17(13)30/h1-5,10-12,30H,6-9H2,(H2,24,25,26,27,28). The second kappa shape index (κ2) is 10.2. The molecule has 1 saturated heterocycles. The lowest BCUT2D eigenvalue weighted by Crippen LogP contribution is -2.37. The van der Waals surface area contributed by atoms with Crippen molar-refractivity contribution in [1.29, 1.82) is 0 Å². The van der Waals surface area contributed by atoms with Crippen molar-refractivity contribution in [1.82, 2.24) is 15.0 Å². The van der Waals surface area contributed by atoms with E-state index in [9.17, 15) is 5.11 Å².